The summed E-state index contributed by atoms with van der Waals surface area (Å²) in [6.07, 6.45) is -4.28. The first-order valence-electron chi connectivity index (χ1n) is 6.59. The molecule has 1 saturated heterocycles. The predicted molar refractivity (Wildman–Crippen MR) is 71.0 cm³/mol. The van der Waals surface area contributed by atoms with Crippen LogP contribution in [0.25, 0.3) is 0 Å². The first-order chi connectivity index (χ1) is 9.43. The lowest BCUT2D eigenvalue weighted by atomic mass is 10.0. The van der Waals surface area contributed by atoms with Crippen LogP contribution >= 0.6 is 0 Å². The molecule has 0 aliphatic carbocycles. The number of methoxy groups -OCH3 is 1. The van der Waals surface area contributed by atoms with Crippen LogP contribution < -0.4 is 10.1 Å². The maximum atomic E-state index is 13.4. The zero-order valence-corrected chi connectivity index (χ0v) is 11.6. The van der Waals surface area contributed by atoms with E-state index in [1.807, 2.05) is 0 Å². The maximum Gasteiger partial charge on any atom is 0.408 e. The molecule has 1 aliphatic heterocycles. The molecule has 0 unspecified atom stereocenters. The smallest absolute Gasteiger partial charge is 0.408 e. The first-order valence-corrected chi connectivity index (χ1v) is 6.59. The fourth-order valence-electron chi connectivity index (χ4n) is 2.62. The average molecular weight is 288 g/mol. The third-order valence-corrected chi connectivity index (χ3v) is 3.56. The third-order valence-electron chi connectivity index (χ3n) is 3.56. The molecule has 1 aliphatic rings. The van der Waals surface area contributed by atoms with Crippen LogP contribution in [0.15, 0.2) is 18.2 Å². The van der Waals surface area contributed by atoms with Crippen LogP contribution in [0, 0.1) is 6.92 Å². The Labute approximate surface area is 116 Å². The SMILES string of the molecule is COc1ccc([C@H](N2CCNCC2)C(F)(F)F)cc1C. The van der Waals surface area contributed by atoms with E-state index in [9.17, 15) is 13.2 Å². The van der Waals surface area contributed by atoms with Gasteiger partial charge in [-0.2, -0.15) is 13.2 Å². The lowest BCUT2D eigenvalue weighted by molar-refractivity contribution is -0.187. The number of ether oxygens (including phenoxy) is 1. The van der Waals surface area contributed by atoms with Gasteiger partial charge in [-0.15, -0.1) is 0 Å². The van der Waals surface area contributed by atoms with Crippen molar-refractivity contribution < 1.29 is 17.9 Å². The predicted octanol–water partition coefficient (Wildman–Crippen LogP) is 2.51. The van der Waals surface area contributed by atoms with Crippen molar-refractivity contribution >= 4 is 0 Å². The molecule has 1 atom stereocenters. The van der Waals surface area contributed by atoms with Gasteiger partial charge in [-0.3, -0.25) is 4.90 Å². The molecule has 2 rings (SSSR count). The summed E-state index contributed by atoms with van der Waals surface area (Å²) >= 11 is 0. The number of rotatable bonds is 3. The highest BCUT2D eigenvalue weighted by Gasteiger charge is 2.44. The third kappa shape index (κ3) is 3.24. The fourth-order valence-corrected chi connectivity index (χ4v) is 2.62. The normalized spacial score (nSPS) is 18.9. The molecule has 6 heteroatoms. The van der Waals surface area contributed by atoms with Crippen LogP contribution in [0.5, 0.6) is 5.75 Å². The zero-order valence-electron chi connectivity index (χ0n) is 11.6. The van der Waals surface area contributed by atoms with Gasteiger partial charge >= 0.3 is 6.18 Å². The molecule has 1 aromatic carbocycles. The minimum absolute atomic E-state index is 0.276. The summed E-state index contributed by atoms with van der Waals surface area (Å²) in [5, 5.41) is 3.07. The molecule has 0 aromatic heterocycles. The monoisotopic (exact) mass is 288 g/mol. The number of piperazine rings is 1. The summed E-state index contributed by atoms with van der Waals surface area (Å²) in [6, 6.07) is 3.13. The van der Waals surface area contributed by atoms with Crippen LogP contribution in [-0.4, -0.2) is 44.4 Å². The van der Waals surface area contributed by atoms with E-state index in [-0.39, 0.29) is 5.56 Å². The van der Waals surface area contributed by atoms with Crippen LogP contribution in [0.2, 0.25) is 0 Å². The summed E-state index contributed by atoms with van der Waals surface area (Å²) in [7, 11) is 1.51. The van der Waals surface area contributed by atoms with Crippen molar-refractivity contribution in [3.8, 4) is 5.75 Å². The molecular weight excluding hydrogens is 269 g/mol. The highest BCUT2D eigenvalue weighted by atomic mass is 19.4. The molecule has 1 heterocycles. The van der Waals surface area contributed by atoms with Gasteiger partial charge in [0.15, 0.2) is 0 Å². The van der Waals surface area contributed by atoms with Gasteiger partial charge in [-0.05, 0) is 24.1 Å². The topological polar surface area (TPSA) is 24.5 Å². The minimum atomic E-state index is -4.28. The maximum absolute atomic E-state index is 13.4. The van der Waals surface area contributed by atoms with Gasteiger partial charge < -0.3 is 10.1 Å². The Bertz CT molecular complexity index is 456. The van der Waals surface area contributed by atoms with E-state index in [2.05, 4.69) is 5.32 Å². The van der Waals surface area contributed by atoms with Gasteiger partial charge in [0.1, 0.15) is 11.8 Å². The van der Waals surface area contributed by atoms with Crippen molar-refractivity contribution in [1.29, 1.82) is 0 Å². The van der Waals surface area contributed by atoms with E-state index in [0.29, 0.717) is 31.9 Å². The molecule has 3 nitrogen and oxygen atoms in total. The van der Waals surface area contributed by atoms with Crippen LogP contribution in [0.1, 0.15) is 17.2 Å². The van der Waals surface area contributed by atoms with E-state index >= 15 is 0 Å². The van der Waals surface area contributed by atoms with Gasteiger partial charge in [0.05, 0.1) is 7.11 Å². The van der Waals surface area contributed by atoms with Crippen molar-refractivity contribution in [2.24, 2.45) is 0 Å². The largest absolute Gasteiger partial charge is 0.496 e. The Kier molecular flexibility index (Phi) is 4.55. The van der Waals surface area contributed by atoms with E-state index in [1.54, 1.807) is 19.1 Å². The van der Waals surface area contributed by atoms with Crippen molar-refractivity contribution in [3.63, 3.8) is 0 Å². The molecule has 0 saturated carbocycles. The molecule has 1 aromatic rings. The molecule has 0 bridgehead atoms. The number of alkyl halides is 3. The second kappa shape index (κ2) is 6.01. The molecule has 1 fully saturated rings. The summed E-state index contributed by atoms with van der Waals surface area (Å²) in [4.78, 5) is 1.48. The Hall–Kier alpha value is -1.27. The molecular formula is C14H19F3N2O. The molecule has 112 valence electrons. The van der Waals surface area contributed by atoms with Crippen LogP contribution in [0.3, 0.4) is 0 Å². The van der Waals surface area contributed by atoms with Crippen molar-refractivity contribution in [1.82, 2.24) is 10.2 Å². The number of benzene rings is 1. The fraction of sp³-hybridized carbons (Fsp3) is 0.571. The number of aryl methyl sites for hydroxylation is 1. The number of nitrogens with one attached hydrogen (secondary N) is 1. The van der Waals surface area contributed by atoms with Crippen molar-refractivity contribution in [3.05, 3.63) is 29.3 Å². The minimum Gasteiger partial charge on any atom is -0.496 e. The van der Waals surface area contributed by atoms with Crippen LogP contribution in [-0.2, 0) is 0 Å². The highest BCUT2D eigenvalue weighted by Crippen LogP contribution is 2.39. The quantitative estimate of drug-likeness (QED) is 0.925. The lowest BCUT2D eigenvalue weighted by Gasteiger charge is -2.36. The molecule has 0 radical (unpaired) electrons. The molecule has 1 N–H and O–H groups in total. The Balaban J connectivity index is 2.33. The molecule has 0 spiro atoms. The Morgan fingerprint density at radius 2 is 1.90 bits per heavy atom. The van der Waals surface area contributed by atoms with E-state index < -0.39 is 12.2 Å². The van der Waals surface area contributed by atoms with Gasteiger partial charge in [0.25, 0.3) is 0 Å². The Morgan fingerprint density at radius 1 is 1.25 bits per heavy atom. The lowest BCUT2D eigenvalue weighted by Crippen LogP contribution is -2.49. The van der Waals surface area contributed by atoms with E-state index in [4.69, 9.17) is 4.74 Å². The summed E-state index contributed by atoms with van der Waals surface area (Å²) in [6.45, 7) is 3.72. The Morgan fingerprint density at radius 3 is 2.40 bits per heavy atom. The van der Waals surface area contributed by atoms with Gasteiger partial charge in [0, 0.05) is 26.2 Å². The van der Waals surface area contributed by atoms with Gasteiger partial charge in [0.2, 0.25) is 0 Å². The van der Waals surface area contributed by atoms with Crippen molar-refractivity contribution in [2.75, 3.05) is 33.3 Å². The van der Waals surface area contributed by atoms with E-state index in [0.717, 1.165) is 5.56 Å². The standard InChI is InChI=1S/C14H19F3N2O/c1-10-9-11(3-4-12(10)20-2)13(14(15,16)17)19-7-5-18-6-8-19/h3-4,9,13,18H,5-8H2,1-2H3/t13-/m0/s1. The number of nitrogens with zero attached hydrogens (tertiary/aromatic N) is 1. The number of halogens is 3. The number of hydrogen-bond donors (Lipinski definition) is 1. The van der Waals surface area contributed by atoms with Gasteiger partial charge in [-0.1, -0.05) is 12.1 Å². The average Bonchev–Trinajstić information content (AvgIpc) is 2.39. The summed E-state index contributed by atoms with van der Waals surface area (Å²) < 4.78 is 45.3. The second-order valence-electron chi connectivity index (χ2n) is 4.96. The second-order valence-corrected chi connectivity index (χ2v) is 4.96. The summed E-state index contributed by atoms with van der Waals surface area (Å²) in [5.74, 6) is 0.606. The summed E-state index contributed by atoms with van der Waals surface area (Å²) in [5.41, 5.74) is 0.993. The van der Waals surface area contributed by atoms with Crippen LogP contribution in [0.4, 0.5) is 13.2 Å². The zero-order chi connectivity index (χ0) is 14.8. The van der Waals surface area contributed by atoms with Crippen molar-refractivity contribution in [2.45, 2.75) is 19.1 Å². The molecule has 20 heavy (non-hydrogen) atoms. The number of hydrogen-bond acceptors (Lipinski definition) is 3. The first kappa shape index (κ1) is 15.1. The highest BCUT2D eigenvalue weighted by molar-refractivity contribution is 5.38. The van der Waals surface area contributed by atoms with E-state index in [1.165, 1.54) is 18.1 Å². The molecule has 0 amide bonds. The van der Waals surface area contributed by atoms with Gasteiger partial charge in [-0.25, -0.2) is 0 Å².